The Morgan fingerprint density at radius 2 is 1.88 bits per heavy atom. The molecule has 3 heterocycles. The lowest BCUT2D eigenvalue weighted by Gasteiger charge is -2.19. The summed E-state index contributed by atoms with van der Waals surface area (Å²) in [6.45, 7) is 5.25. The van der Waals surface area contributed by atoms with Gasteiger partial charge < -0.3 is 9.30 Å². The first-order chi connectivity index (χ1) is 16.7. The van der Waals surface area contributed by atoms with Crippen molar-refractivity contribution < 1.29 is 4.74 Å². The molecule has 0 saturated carbocycles. The number of rotatable bonds is 9. The molecule has 1 aliphatic heterocycles. The molecule has 0 aliphatic carbocycles. The summed E-state index contributed by atoms with van der Waals surface area (Å²) >= 11 is 1.75. The van der Waals surface area contributed by atoms with Crippen molar-refractivity contribution in [2.45, 2.75) is 56.4 Å². The fraction of sp³-hybridized carbons (Fsp3) is 0.385. The molecular weight excluding hydrogens is 444 g/mol. The van der Waals surface area contributed by atoms with Gasteiger partial charge in [-0.15, -0.1) is 10.2 Å². The maximum atomic E-state index is 5.95. The highest BCUT2D eigenvalue weighted by atomic mass is 32.2. The van der Waals surface area contributed by atoms with Crippen molar-refractivity contribution in [1.82, 2.24) is 29.6 Å². The van der Waals surface area contributed by atoms with E-state index >= 15 is 0 Å². The second-order valence-electron chi connectivity index (χ2n) is 8.87. The van der Waals surface area contributed by atoms with E-state index in [1.165, 1.54) is 11.1 Å². The predicted octanol–water partition coefficient (Wildman–Crippen LogP) is 4.63. The summed E-state index contributed by atoms with van der Waals surface area (Å²) in [7, 11) is 2.11. The van der Waals surface area contributed by atoms with E-state index in [9.17, 15) is 0 Å². The van der Waals surface area contributed by atoms with Crippen LogP contribution in [0.3, 0.4) is 0 Å². The van der Waals surface area contributed by atoms with Gasteiger partial charge in [0, 0.05) is 31.3 Å². The van der Waals surface area contributed by atoms with Crippen LogP contribution in [0.1, 0.15) is 35.4 Å². The second-order valence-corrected chi connectivity index (χ2v) is 9.82. The van der Waals surface area contributed by atoms with Crippen molar-refractivity contribution in [1.29, 1.82) is 0 Å². The van der Waals surface area contributed by atoms with Gasteiger partial charge in [0.1, 0.15) is 5.82 Å². The minimum atomic E-state index is 0.228. The van der Waals surface area contributed by atoms with E-state index in [0.717, 1.165) is 65.9 Å². The number of benzene rings is 2. The maximum Gasteiger partial charge on any atom is 0.191 e. The molecule has 0 bridgehead atoms. The zero-order chi connectivity index (χ0) is 23.3. The highest BCUT2D eigenvalue weighted by Gasteiger charge is 2.22. The predicted molar refractivity (Wildman–Crippen MR) is 134 cm³/mol. The lowest BCUT2D eigenvalue weighted by molar-refractivity contribution is 0.0934. The Morgan fingerprint density at radius 3 is 2.74 bits per heavy atom. The number of aromatic nitrogens is 5. The molecule has 0 spiro atoms. The highest BCUT2D eigenvalue weighted by molar-refractivity contribution is 7.98. The van der Waals surface area contributed by atoms with Crippen molar-refractivity contribution in [3.63, 3.8) is 0 Å². The molecule has 1 fully saturated rings. The molecule has 1 aliphatic rings. The number of hydrogen-bond acceptors (Lipinski definition) is 7. The van der Waals surface area contributed by atoms with Crippen molar-refractivity contribution in [2.75, 3.05) is 13.7 Å². The van der Waals surface area contributed by atoms with Crippen LogP contribution in [0, 0.1) is 6.92 Å². The smallest absolute Gasteiger partial charge is 0.191 e. The molecule has 1 atom stereocenters. The number of ether oxygens (including phenoxy) is 1. The number of aryl methyl sites for hydroxylation is 1. The van der Waals surface area contributed by atoms with Crippen LogP contribution in [-0.4, -0.2) is 49.4 Å². The summed E-state index contributed by atoms with van der Waals surface area (Å²) < 4.78 is 8.21. The average molecular weight is 475 g/mol. The molecule has 5 rings (SSSR count). The third-order valence-corrected chi connectivity index (χ3v) is 7.27. The van der Waals surface area contributed by atoms with Crippen LogP contribution >= 0.6 is 11.8 Å². The Morgan fingerprint density at radius 1 is 1.03 bits per heavy atom. The monoisotopic (exact) mass is 474 g/mol. The topological polar surface area (TPSA) is 69.0 Å². The zero-order valence-corrected chi connectivity index (χ0v) is 20.5. The van der Waals surface area contributed by atoms with E-state index < -0.39 is 0 Å². The van der Waals surface area contributed by atoms with Gasteiger partial charge >= 0.3 is 0 Å². The van der Waals surface area contributed by atoms with Crippen molar-refractivity contribution in [2.24, 2.45) is 0 Å². The fourth-order valence-corrected chi connectivity index (χ4v) is 5.44. The molecule has 2 aromatic carbocycles. The first-order valence-corrected chi connectivity index (χ1v) is 12.7. The maximum absolute atomic E-state index is 5.95. The molecule has 176 valence electrons. The Bertz CT molecular complexity index is 1250. The van der Waals surface area contributed by atoms with Crippen molar-refractivity contribution in [3.8, 4) is 0 Å². The van der Waals surface area contributed by atoms with Crippen LogP contribution in [0.4, 0.5) is 0 Å². The fourth-order valence-electron chi connectivity index (χ4n) is 4.40. The SMILES string of the molecule is Cc1ccccc1CSc1nnc(CN(C)Cc2cccc3nccnc23)n1C[C@H]1CCCO1. The third-order valence-electron chi connectivity index (χ3n) is 6.26. The highest BCUT2D eigenvalue weighted by Crippen LogP contribution is 2.26. The Balaban J connectivity index is 1.34. The first-order valence-electron chi connectivity index (χ1n) is 11.8. The number of thioether (sulfide) groups is 1. The van der Waals surface area contributed by atoms with E-state index in [1.54, 1.807) is 24.2 Å². The third kappa shape index (κ3) is 5.29. The standard InChI is InChI=1S/C26H30N6OS/c1-19-7-3-4-8-21(19)18-34-26-30-29-24(32(26)16-22-10-6-14-33-22)17-31(2)15-20-9-5-11-23-25(20)28-13-12-27-23/h3-5,7-9,11-13,22H,6,10,14-18H2,1-2H3/t22-/m1/s1. The first kappa shape index (κ1) is 23.0. The summed E-state index contributed by atoms with van der Waals surface area (Å²) in [5.74, 6) is 1.84. The van der Waals surface area contributed by atoms with Crippen LogP contribution < -0.4 is 0 Å². The van der Waals surface area contributed by atoms with Crippen LogP contribution in [0.15, 0.2) is 60.0 Å². The molecule has 0 N–H and O–H groups in total. The summed E-state index contributed by atoms with van der Waals surface area (Å²) in [6, 6.07) is 14.7. The van der Waals surface area contributed by atoms with Crippen LogP contribution in [0.5, 0.6) is 0 Å². The van der Waals surface area contributed by atoms with Crippen molar-refractivity contribution in [3.05, 3.63) is 77.4 Å². The lowest BCUT2D eigenvalue weighted by atomic mass is 10.1. The van der Waals surface area contributed by atoms with E-state index in [2.05, 4.69) is 73.9 Å². The van der Waals surface area contributed by atoms with Gasteiger partial charge in [-0.2, -0.15) is 0 Å². The van der Waals surface area contributed by atoms with Crippen LogP contribution in [0.2, 0.25) is 0 Å². The lowest BCUT2D eigenvalue weighted by Crippen LogP contribution is -2.23. The van der Waals surface area contributed by atoms with E-state index in [0.29, 0.717) is 6.54 Å². The summed E-state index contributed by atoms with van der Waals surface area (Å²) in [4.78, 5) is 11.2. The van der Waals surface area contributed by atoms with Gasteiger partial charge in [0.15, 0.2) is 5.16 Å². The van der Waals surface area contributed by atoms with E-state index in [-0.39, 0.29) is 6.10 Å². The number of para-hydroxylation sites is 1. The number of nitrogens with zero attached hydrogens (tertiary/aromatic N) is 6. The summed E-state index contributed by atoms with van der Waals surface area (Å²) in [5.41, 5.74) is 5.66. The largest absolute Gasteiger partial charge is 0.376 e. The van der Waals surface area contributed by atoms with Gasteiger partial charge in [0.2, 0.25) is 0 Å². The van der Waals surface area contributed by atoms with Gasteiger partial charge in [-0.25, -0.2) is 0 Å². The zero-order valence-electron chi connectivity index (χ0n) is 19.7. The molecule has 0 radical (unpaired) electrons. The molecule has 1 saturated heterocycles. The van der Waals surface area contributed by atoms with Crippen LogP contribution in [0.25, 0.3) is 11.0 Å². The Kier molecular flexibility index (Phi) is 7.18. The van der Waals surface area contributed by atoms with Crippen molar-refractivity contribution >= 4 is 22.8 Å². The summed E-state index contributed by atoms with van der Waals surface area (Å²) in [5, 5.41) is 10.1. The quantitative estimate of drug-likeness (QED) is 0.328. The molecular formula is C26H30N6OS. The average Bonchev–Trinajstić information content (AvgIpc) is 3.50. The molecule has 0 unspecified atom stereocenters. The molecule has 34 heavy (non-hydrogen) atoms. The molecule has 0 amide bonds. The Labute approximate surface area is 204 Å². The van der Waals surface area contributed by atoms with Gasteiger partial charge in [-0.05, 0) is 49.6 Å². The second kappa shape index (κ2) is 10.6. The Hall–Kier alpha value is -2.81. The van der Waals surface area contributed by atoms with Gasteiger partial charge in [-0.1, -0.05) is 48.2 Å². The number of fused-ring (bicyclic) bond motifs is 1. The number of hydrogen-bond donors (Lipinski definition) is 0. The van der Waals surface area contributed by atoms with Gasteiger partial charge in [0.05, 0.1) is 30.2 Å². The molecule has 7 nitrogen and oxygen atoms in total. The minimum Gasteiger partial charge on any atom is -0.376 e. The summed E-state index contributed by atoms with van der Waals surface area (Å²) in [6.07, 6.45) is 5.92. The normalized spacial score (nSPS) is 16.0. The van der Waals surface area contributed by atoms with Gasteiger partial charge in [-0.3, -0.25) is 14.9 Å². The van der Waals surface area contributed by atoms with Gasteiger partial charge in [0.25, 0.3) is 0 Å². The molecule has 4 aromatic rings. The minimum absolute atomic E-state index is 0.228. The van der Waals surface area contributed by atoms with Crippen LogP contribution in [-0.2, 0) is 30.1 Å². The van der Waals surface area contributed by atoms with E-state index in [4.69, 9.17) is 4.74 Å². The molecule has 2 aromatic heterocycles. The molecule has 8 heteroatoms. The van der Waals surface area contributed by atoms with E-state index in [1.807, 2.05) is 12.1 Å².